The molecule has 2 amide bonds. The Morgan fingerprint density at radius 1 is 1.03 bits per heavy atom. The lowest BCUT2D eigenvalue weighted by Crippen LogP contribution is -2.47. The zero-order chi connectivity index (χ0) is 23.4. The topological polar surface area (TPSA) is 84.9 Å². The van der Waals surface area contributed by atoms with Gasteiger partial charge in [-0.3, -0.25) is 9.59 Å². The average Bonchev–Trinajstić information content (AvgIpc) is 3.38. The van der Waals surface area contributed by atoms with E-state index in [1.165, 1.54) is 18.4 Å². The zero-order valence-corrected chi connectivity index (χ0v) is 19.1. The van der Waals surface area contributed by atoms with Crippen molar-refractivity contribution >= 4 is 34.8 Å². The van der Waals surface area contributed by atoms with E-state index in [0.29, 0.717) is 35.5 Å². The van der Waals surface area contributed by atoms with Gasteiger partial charge in [-0.15, -0.1) is 11.3 Å². The Bertz CT molecular complexity index is 1140. The van der Waals surface area contributed by atoms with E-state index in [1.54, 1.807) is 48.4 Å². The summed E-state index contributed by atoms with van der Waals surface area (Å²) in [5.41, 5.74) is 2.16. The number of ether oxygens (including phenoxy) is 2. The van der Waals surface area contributed by atoms with Crippen LogP contribution in [0.25, 0.3) is 0 Å². The summed E-state index contributed by atoms with van der Waals surface area (Å²) < 4.78 is 9.98. The molecule has 1 N–H and O–H groups in total. The maximum absolute atomic E-state index is 13.7. The highest BCUT2D eigenvalue weighted by atomic mass is 32.1. The second-order valence-corrected chi connectivity index (χ2v) is 8.55. The minimum atomic E-state index is -0.616. The summed E-state index contributed by atoms with van der Waals surface area (Å²) in [5.74, 6) is -1.41. The molecule has 1 aliphatic rings. The predicted molar refractivity (Wildman–Crippen MR) is 126 cm³/mol. The maximum atomic E-state index is 13.7. The highest BCUT2D eigenvalue weighted by molar-refractivity contribution is 7.10. The third kappa shape index (κ3) is 4.53. The first-order valence-electron chi connectivity index (χ1n) is 10.5. The molecular formula is C25H24N2O5S. The number of anilines is 1. The van der Waals surface area contributed by atoms with Crippen molar-refractivity contribution in [2.24, 2.45) is 0 Å². The summed E-state index contributed by atoms with van der Waals surface area (Å²) in [4.78, 5) is 41.4. The van der Waals surface area contributed by atoms with Crippen molar-refractivity contribution in [1.29, 1.82) is 0 Å². The molecule has 0 unspecified atom stereocenters. The summed E-state index contributed by atoms with van der Waals surface area (Å²) in [6.45, 7) is 0.725. The van der Waals surface area contributed by atoms with Gasteiger partial charge < -0.3 is 19.7 Å². The quantitative estimate of drug-likeness (QED) is 0.532. The molecule has 0 radical (unpaired) electrons. The van der Waals surface area contributed by atoms with Gasteiger partial charge in [0.05, 0.1) is 31.2 Å². The molecule has 0 saturated heterocycles. The van der Waals surface area contributed by atoms with Gasteiger partial charge in [-0.1, -0.05) is 24.3 Å². The number of esters is 1. The van der Waals surface area contributed by atoms with Crippen LogP contribution in [0.15, 0.2) is 66.0 Å². The van der Waals surface area contributed by atoms with Gasteiger partial charge in [0, 0.05) is 29.8 Å². The smallest absolute Gasteiger partial charge is 0.337 e. The van der Waals surface area contributed by atoms with Gasteiger partial charge in [-0.25, -0.2) is 4.79 Å². The van der Waals surface area contributed by atoms with Crippen LogP contribution in [0.5, 0.6) is 0 Å². The monoisotopic (exact) mass is 464 g/mol. The van der Waals surface area contributed by atoms with Crippen molar-refractivity contribution < 1.29 is 23.9 Å². The third-order valence-electron chi connectivity index (χ3n) is 5.67. The Labute approximate surface area is 195 Å². The van der Waals surface area contributed by atoms with E-state index in [2.05, 4.69) is 5.32 Å². The molecule has 2 aromatic carbocycles. The second kappa shape index (κ2) is 9.97. The van der Waals surface area contributed by atoms with E-state index in [0.717, 1.165) is 4.88 Å². The first-order chi connectivity index (χ1) is 16.0. The first-order valence-corrected chi connectivity index (χ1v) is 11.3. The van der Waals surface area contributed by atoms with E-state index in [4.69, 9.17) is 9.47 Å². The summed E-state index contributed by atoms with van der Waals surface area (Å²) in [6.07, 6.45) is 0. The maximum Gasteiger partial charge on any atom is 0.337 e. The van der Waals surface area contributed by atoms with E-state index in [1.807, 2.05) is 29.6 Å². The highest BCUT2D eigenvalue weighted by Crippen LogP contribution is 2.44. The van der Waals surface area contributed by atoms with Crippen LogP contribution in [0.1, 0.15) is 43.1 Å². The number of nitrogens with zero attached hydrogens (tertiary/aromatic N) is 1. The van der Waals surface area contributed by atoms with Crippen molar-refractivity contribution in [3.8, 4) is 0 Å². The van der Waals surface area contributed by atoms with Crippen LogP contribution in [0.4, 0.5) is 5.69 Å². The minimum absolute atomic E-state index is 0.118. The molecule has 1 aromatic heterocycles. The Kier molecular flexibility index (Phi) is 6.86. The molecule has 0 fully saturated rings. The standard InChI is InChI=1S/C25H24N2O5S/c1-31-14-13-27-22(20-8-5-15-33-20)21(18-6-3-4-7-19(18)24(27)29)23(28)26-17-11-9-16(10-12-17)25(30)32-2/h3-12,15,21-22H,13-14H2,1-2H3,(H,26,28)/t21-,22+/m1/s1. The van der Waals surface area contributed by atoms with Crippen LogP contribution in [0.2, 0.25) is 0 Å². The van der Waals surface area contributed by atoms with E-state index < -0.39 is 17.9 Å². The molecule has 33 heavy (non-hydrogen) atoms. The summed E-state index contributed by atoms with van der Waals surface area (Å²) in [7, 11) is 2.91. The molecule has 7 nitrogen and oxygen atoms in total. The van der Waals surface area contributed by atoms with Crippen LogP contribution in [-0.4, -0.2) is 50.1 Å². The Morgan fingerprint density at radius 3 is 2.45 bits per heavy atom. The molecule has 3 aromatic rings. The fourth-order valence-electron chi connectivity index (χ4n) is 4.11. The molecule has 0 bridgehead atoms. The van der Waals surface area contributed by atoms with Gasteiger partial charge in [0.1, 0.15) is 0 Å². The first kappa shape index (κ1) is 22.7. The van der Waals surface area contributed by atoms with Gasteiger partial charge >= 0.3 is 5.97 Å². The molecule has 2 heterocycles. The summed E-state index contributed by atoms with van der Waals surface area (Å²) in [6, 6.07) is 17.2. The number of hydrogen-bond donors (Lipinski definition) is 1. The number of methoxy groups -OCH3 is 2. The molecule has 0 aliphatic carbocycles. The molecule has 2 atom stereocenters. The molecule has 0 saturated carbocycles. The fraction of sp³-hybridized carbons (Fsp3) is 0.240. The number of fused-ring (bicyclic) bond motifs is 1. The summed E-state index contributed by atoms with van der Waals surface area (Å²) >= 11 is 1.51. The third-order valence-corrected chi connectivity index (χ3v) is 6.61. The number of thiophene rings is 1. The molecule has 0 spiro atoms. The van der Waals surface area contributed by atoms with E-state index in [9.17, 15) is 14.4 Å². The van der Waals surface area contributed by atoms with Gasteiger partial charge in [0.25, 0.3) is 5.91 Å². The number of rotatable bonds is 7. The van der Waals surface area contributed by atoms with E-state index in [-0.39, 0.29) is 11.8 Å². The van der Waals surface area contributed by atoms with Crippen molar-refractivity contribution in [1.82, 2.24) is 4.90 Å². The van der Waals surface area contributed by atoms with Crippen LogP contribution in [-0.2, 0) is 14.3 Å². The number of carbonyl (C=O) groups is 3. The number of amides is 2. The lowest BCUT2D eigenvalue weighted by Gasteiger charge is -2.41. The SMILES string of the molecule is COCCN1C(=O)c2ccccc2[C@@H](C(=O)Nc2ccc(C(=O)OC)cc2)[C@@H]1c1cccs1. The minimum Gasteiger partial charge on any atom is -0.465 e. The number of carbonyl (C=O) groups excluding carboxylic acids is 3. The van der Waals surface area contributed by atoms with E-state index >= 15 is 0 Å². The van der Waals surface area contributed by atoms with Crippen molar-refractivity contribution in [2.45, 2.75) is 12.0 Å². The average molecular weight is 465 g/mol. The Morgan fingerprint density at radius 2 is 1.79 bits per heavy atom. The Balaban J connectivity index is 1.72. The lowest BCUT2D eigenvalue weighted by molar-refractivity contribution is -0.119. The van der Waals surface area contributed by atoms with Gasteiger partial charge in [0.15, 0.2) is 0 Å². The highest BCUT2D eigenvalue weighted by Gasteiger charge is 2.44. The van der Waals surface area contributed by atoms with Gasteiger partial charge in [-0.2, -0.15) is 0 Å². The van der Waals surface area contributed by atoms with Crippen molar-refractivity contribution in [3.63, 3.8) is 0 Å². The van der Waals surface area contributed by atoms with Gasteiger partial charge in [-0.05, 0) is 47.3 Å². The predicted octanol–water partition coefficient (Wildman–Crippen LogP) is 4.10. The molecule has 4 rings (SSSR count). The molecule has 8 heteroatoms. The van der Waals surface area contributed by atoms with Crippen molar-refractivity contribution in [2.75, 3.05) is 32.7 Å². The van der Waals surface area contributed by atoms with Crippen molar-refractivity contribution in [3.05, 3.63) is 87.6 Å². The normalized spacial score (nSPS) is 17.4. The second-order valence-electron chi connectivity index (χ2n) is 7.57. The van der Waals surface area contributed by atoms with Crippen LogP contribution in [0.3, 0.4) is 0 Å². The number of hydrogen-bond acceptors (Lipinski definition) is 6. The van der Waals surface area contributed by atoms with Crippen LogP contribution < -0.4 is 5.32 Å². The molecule has 1 aliphatic heterocycles. The van der Waals surface area contributed by atoms with Crippen LogP contribution in [0, 0.1) is 0 Å². The zero-order valence-electron chi connectivity index (χ0n) is 18.3. The number of benzene rings is 2. The molecular weight excluding hydrogens is 440 g/mol. The lowest BCUT2D eigenvalue weighted by atomic mass is 9.81. The summed E-state index contributed by atoms with van der Waals surface area (Å²) in [5, 5.41) is 4.90. The fourth-order valence-corrected chi connectivity index (χ4v) is 4.99. The largest absolute Gasteiger partial charge is 0.465 e. The Hall–Kier alpha value is -3.49. The number of nitrogens with one attached hydrogen (secondary N) is 1. The molecule has 170 valence electrons. The van der Waals surface area contributed by atoms with Gasteiger partial charge in [0.2, 0.25) is 5.91 Å². The van der Waals surface area contributed by atoms with Crippen LogP contribution >= 0.6 is 11.3 Å².